The number of hydrogen-bond acceptors (Lipinski definition) is 7. The SMILES string of the molecule is CC(C)C1=C2C3CCC4C5(C)CCC(OC(=O)CC(C)(C)C(=O)O)C(C)C5CCC4(C)[C@]3(C)CCC2(c2nnc(-c3cccc(Cl)c3)o2)CC1=O. The summed E-state index contributed by atoms with van der Waals surface area (Å²) >= 11 is 6.31. The first kappa shape index (κ1) is 36.4. The van der Waals surface area contributed by atoms with Crippen molar-refractivity contribution >= 4 is 29.3 Å². The number of fused-ring (bicyclic) bond motifs is 7. The normalized spacial score (nSPS) is 37.8. The van der Waals surface area contributed by atoms with Crippen molar-refractivity contribution in [3.05, 3.63) is 46.3 Å². The fourth-order valence-electron chi connectivity index (χ4n) is 12.4. The van der Waals surface area contributed by atoms with Crippen molar-refractivity contribution < 1.29 is 28.6 Å². The Morgan fingerprint density at radius 2 is 1.78 bits per heavy atom. The third-order valence-electron chi connectivity index (χ3n) is 15.3. The lowest BCUT2D eigenvalue weighted by molar-refractivity contribution is -0.214. The molecule has 1 aromatic heterocycles. The number of carboxylic acid groups (broad SMARTS) is 1. The molecule has 51 heavy (non-hydrogen) atoms. The Kier molecular flexibility index (Phi) is 8.75. The zero-order valence-corrected chi connectivity index (χ0v) is 32.4. The van der Waals surface area contributed by atoms with Gasteiger partial charge < -0.3 is 14.3 Å². The number of Topliss-reactive ketones (excluding diaryl/α,β-unsaturated/α-hetero) is 1. The predicted molar refractivity (Wildman–Crippen MR) is 195 cm³/mol. The van der Waals surface area contributed by atoms with Crippen molar-refractivity contribution in [2.75, 3.05) is 0 Å². The Morgan fingerprint density at radius 3 is 2.47 bits per heavy atom. The van der Waals surface area contributed by atoms with E-state index in [1.807, 2.05) is 24.3 Å². The fraction of sp³-hybridized carbons (Fsp3) is 0.690. The van der Waals surface area contributed by atoms with Crippen LogP contribution < -0.4 is 0 Å². The number of carboxylic acids is 1. The van der Waals surface area contributed by atoms with E-state index >= 15 is 0 Å². The van der Waals surface area contributed by atoms with Crippen LogP contribution in [0.25, 0.3) is 11.5 Å². The van der Waals surface area contributed by atoms with Gasteiger partial charge in [-0.15, -0.1) is 10.2 Å². The molecule has 8 unspecified atom stereocenters. The van der Waals surface area contributed by atoms with Gasteiger partial charge in [0.2, 0.25) is 11.8 Å². The number of aromatic nitrogens is 2. The molecule has 5 aliphatic rings. The molecule has 1 N–H and O–H groups in total. The molecule has 1 aromatic carbocycles. The average Bonchev–Trinajstić information content (AvgIpc) is 3.66. The molecular formula is C42H55ClN2O6. The van der Waals surface area contributed by atoms with Crippen LogP contribution in [0.5, 0.6) is 0 Å². The number of ketones is 1. The Balaban J connectivity index is 1.19. The molecule has 276 valence electrons. The maximum Gasteiger partial charge on any atom is 0.309 e. The first-order valence-corrected chi connectivity index (χ1v) is 19.6. The number of carbonyl (C=O) groups is 3. The van der Waals surface area contributed by atoms with Crippen LogP contribution in [0.4, 0.5) is 0 Å². The third kappa shape index (κ3) is 5.38. The monoisotopic (exact) mass is 718 g/mol. The lowest BCUT2D eigenvalue weighted by Gasteiger charge is -2.71. The van der Waals surface area contributed by atoms with Gasteiger partial charge in [-0.25, -0.2) is 0 Å². The molecule has 0 aliphatic heterocycles. The Hall–Kier alpha value is -3.00. The summed E-state index contributed by atoms with van der Waals surface area (Å²) in [4.78, 5) is 38.7. The summed E-state index contributed by atoms with van der Waals surface area (Å²) in [5.41, 5.74) is 1.44. The average molecular weight is 719 g/mol. The van der Waals surface area contributed by atoms with Crippen LogP contribution in [0, 0.1) is 51.2 Å². The molecule has 1 heterocycles. The minimum Gasteiger partial charge on any atom is -0.481 e. The zero-order chi connectivity index (χ0) is 36.9. The topological polar surface area (TPSA) is 120 Å². The molecule has 0 spiro atoms. The lowest BCUT2D eigenvalue weighted by Crippen LogP contribution is -2.64. The molecule has 0 saturated heterocycles. The quantitative estimate of drug-likeness (QED) is 0.281. The number of nitrogens with zero attached hydrogens (tertiary/aromatic N) is 2. The van der Waals surface area contributed by atoms with Crippen LogP contribution >= 0.6 is 11.6 Å². The van der Waals surface area contributed by atoms with Gasteiger partial charge in [0, 0.05) is 17.0 Å². The molecule has 0 radical (unpaired) electrons. The molecule has 9 heteroatoms. The fourth-order valence-corrected chi connectivity index (χ4v) is 12.6. The maximum absolute atomic E-state index is 14.1. The highest BCUT2D eigenvalue weighted by Gasteiger charge is 2.70. The van der Waals surface area contributed by atoms with Crippen LogP contribution in [0.1, 0.15) is 125 Å². The number of rotatable bonds is 7. The van der Waals surface area contributed by atoms with E-state index < -0.39 is 22.8 Å². The van der Waals surface area contributed by atoms with Crippen molar-refractivity contribution in [1.29, 1.82) is 0 Å². The van der Waals surface area contributed by atoms with Gasteiger partial charge in [-0.05, 0) is 140 Å². The van der Waals surface area contributed by atoms with Gasteiger partial charge in [-0.1, -0.05) is 59.2 Å². The predicted octanol–water partition coefficient (Wildman–Crippen LogP) is 9.64. The standard InChI is InChI=1S/C42H55ClN2O6/c1-23(2)33-29(46)21-42(36-45-44-35(51-36)25-10-9-11-26(43)20-25)19-18-40(7)28(34(33)42)12-13-31-39(6)16-15-30(24(3)27(39)14-17-41(31,40)8)50-32(47)22-38(4,5)37(48)49/h9-11,20,23-24,27-28,30-31H,12-19,21-22H2,1-8H3,(H,48,49)/t24?,27?,28?,30?,31?,39?,40-,41?,42?/m1/s1. The first-order valence-electron chi connectivity index (χ1n) is 19.2. The summed E-state index contributed by atoms with van der Waals surface area (Å²) in [6.45, 7) is 17.3. The summed E-state index contributed by atoms with van der Waals surface area (Å²) in [7, 11) is 0. The van der Waals surface area contributed by atoms with E-state index in [1.165, 1.54) is 5.57 Å². The molecule has 4 saturated carbocycles. The van der Waals surface area contributed by atoms with Crippen LogP contribution in [-0.4, -0.2) is 39.1 Å². The number of ether oxygens (including phenoxy) is 1. The number of allylic oxidation sites excluding steroid dienone is 2. The second-order valence-corrected chi connectivity index (χ2v) is 19.0. The number of halogens is 1. The second kappa shape index (κ2) is 12.3. The van der Waals surface area contributed by atoms with E-state index in [0.717, 1.165) is 62.5 Å². The summed E-state index contributed by atoms with van der Waals surface area (Å²) in [6.07, 6.45) is 7.90. The molecule has 9 atom stereocenters. The van der Waals surface area contributed by atoms with E-state index in [9.17, 15) is 19.5 Å². The van der Waals surface area contributed by atoms with Crippen LogP contribution in [-0.2, 0) is 24.5 Å². The smallest absolute Gasteiger partial charge is 0.309 e. The Morgan fingerprint density at radius 1 is 1.04 bits per heavy atom. The molecule has 2 aromatic rings. The van der Waals surface area contributed by atoms with Crippen molar-refractivity contribution in [2.45, 2.75) is 131 Å². The highest BCUT2D eigenvalue weighted by Crippen LogP contribution is 2.76. The van der Waals surface area contributed by atoms with E-state index in [2.05, 4.69) is 51.7 Å². The number of carbonyl (C=O) groups excluding carboxylic acids is 2. The van der Waals surface area contributed by atoms with Gasteiger partial charge in [-0.2, -0.15) is 0 Å². The Labute approximate surface area is 307 Å². The van der Waals surface area contributed by atoms with Gasteiger partial charge >= 0.3 is 11.9 Å². The molecule has 0 amide bonds. The van der Waals surface area contributed by atoms with Crippen LogP contribution in [0.15, 0.2) is 39.8 Å². The van der Waals surface area contributed by atoms with E-state index in [0.29, 0.717) is 35.1 Å². The van der Waals surface area contributed by atoms with Crippen molar-refractivity contribution in [3.63, 3.8) is 0 Å². The number of aliphatic carboxylic acids is 1. The summed E-state index contributed by atoms with van der Waals surface area (Å²) < 4.78 is 12.6. The molecular weight excluding hydrogens is 664 g/mol. The highest BCUT2D eigenvalue weighted by atomic mass is 35.5. The van der Waals surface area contributed by atoms with Crippen molar-refractivity contribution in [1.82, 2.24) is 10.2 Å². The third-order valence-corrected chi connectivity index (χ3v) is 15.5. The number of esters is 1. The summed E-state index contributed by atoms with van der Waals surface area (Å²) in [5.74, 6) is 1.28. The first-order chi connectivity index (χ1) is 23.9. The minimum absolute atomic E-state index is 0.0156. The maximum atomic E-state index is 14.1. The van der Waals surface area contributed by atoms with Crippen LogP contribution in [0.3, 0.4) is 0 Å². The molecule has 8 nitrogen and oxygen atoms in total. The molecule has 4 fully saturated rings. The lowest BCUT2D eigenvalue weighted by atomic mass is 9.34. The van der Waals surface area contributed by atoms with Crippen molar-refractivity contribution in [3.8, 4) is 11.5 Å². The number of hydrogen-bond donors (Lipinski definition) is 1. The summed E-state index contributed by atoms with van der Waals surface area (Å²) in [5, 5.41) is 19.3. The van der Waals surface area contributed by atoms with Gasteiger partial charge in [0.1, 0.15) is 6.10 Å². The van der Waals surface area contributed by atoms with Gasteiger partial charge in [0.25, 0.3) is 0 Å². The highest BCUT2D eigenvalue weighted by molar-refractivity contribution is 6.30. The van der Waals surface area contributed by atoms with Gasteiger partial charge in [0.15, 0.2) is 5.78 Å². The molecule has 0 bridgehead atoms. The zero-order valence-electron chi connectivity index (χ0n) is 31.6. The van der Waals surface area contributed by atoms with Crippen molar-refractivity contribution in [2.24, 2.45) is 51.2 Å². The largest absolute Gasteiger partial charge is 0.481 e. The van der Waals surface area contributed by atoms with Crippen LogP contribution in [0.2, 0.25) is 5.02 Å². The summed E-state index contributed by atoms with van der Waals surface area (Å²) in [6, 6.07) is 7.46. The van der Waals surface area contributed by atoms with Gasteiger partial charge in [-0.3, -0.25) is 14.4 Å². The Bertz CT molecular complexity index is 1800. The molecule has 5 aliphatic carbocycles. The van der Waals surface area contributed by atoms with E-state index in [1.54, 1.807) is 13.8 Å². The van der Waals surface area contributed by atoms with E-state index in [-0.39, 0.29) is 52.3 Å². The van der Waals surface area contributed by atoms with E-state index in [4.69, 9.17) is 20.8 Å². The number of benzene rings is 1. The second-order valence-electron chi connectivity index (χ2n) is 18.5. The van der Waals surface area contributed by atoms with Gasteiger partial charge in [0.05, 0.1) is 17.3 Å². The molecule has 7 rings (SSSR count). The minimum atomic E-state index is -1.15.